The summed E-state index contributed by atoms with van der Waals surface area (Å²) in [4.78, 5) is 1.94. The average Bonchev–Trinajstić information content (AvgIpc) is 2.46. The normalized spacial score (nSPS) is 19.5. The highest BCUT2D eigenvalue weighted by Crippen LogP contribution is 2.44. The second-order valence-corrected chi connectivity index (χ2v) is 7.44. The van der Waals surface area contributed by atoms with Gasteiger partial charge in [-0.15, -0.1) is 0 Å². The quantitative estimate of drug-likeness (QED) is 0.829. The van der Waals surface area contributed by atoms with Gasteiger partial charge in [-0.3, -0.25) is 4.31 Å². The van der Waals surface area contributed by atoms with Gasteiger partial charge in [0, 0.05) is 6.54 Å². The molecule has 5 nitrogen and oxygen atoms in total. The average molecular weight is 336 g/mol. The molecule has 1 atom stereocenters. The Morgan fingerprint density at radius 1 is 1.23 bits per heavy atom. The van der Waals surface area contributed by atoms with Crippen LogP contribution in [0.5, 0.6) is 5.75 Å². The van der Waals surface area contributed by atoms with Crippen molar-refractivity contribution in [2.45, 2.75) is 18.3 Å². The molecular formula is C13H15F3N2O3S. The van der Waals surface area contributed by atoms with E-state index >= 15 is 0 Å². The second kappa shape index (κ2) is 4.94. The van der Waals surface area contributed by atoms with Crippen molar-refractivity contribution in [3.8, 4) is 5.75 Å². The third-order valence-corrected chi connectivity index (χ3v) is 6.12. The zero-order valence-corrected chi connectivity index (χ0v) is 12.6. The number of benzene rings is 1. The van der Waals surface area contributed by atoms with Crippen LogP contribution < -0.4 is 13.9 Å². The highest BCUT2D eigenvalue weighted by molar-refractivity contribution is 7.93. The monoisotopic (exact) mass is 336 g/mol. The Hall–Kier alpha value is -1.64. The number of rotatable bonds is 2. The number of nitrogens with zero attached hydrogens (tertiary/aromatic N) is 2. The lowest BCUT2D eigenvalue weighted by molar-refractivity contribution is -0.126. The lowest BCUT2D eigenvalue weighted by Gasteiger charge is -2.41. The molecule has 0 amide bonds. The van der Waals surface area contributed by atoms with E-state index in [0.29, 0.717) is 38.1 Å². The summed E-state index contributed by atoms with van der Waals surface area (Å²) in [6.07, 6.45) is -4.80. The predicted molar refractivity (Wildman–Crippen MR) is 75.9 cm³/mol. The Balaban J connectivity index is 2.08. The van der Waals surface area contributed by atoms with Gasteiger partial charge in [0.15, 0.2) is 5.25 Å². The molecule has 0 saturated heterocycles. The highest BCUT2D eigenvalue weighted by atomic mass is 32.2. The van der Waals surface area contributed by atoms with E-state index in [0.717, 1.165) is 4.31 Å². The molecule has 2 aliphatic heterocycles. The van der Waals surface area contributed by atoms with Crippen LogP contribution in [0.2, 0.25) is 0 Å². The number of alkyl halides is 3. The summed E-state index contributed by atoms with van der Waals surface area (Å²) >= 11 is 0. The summed E-state index contributed by atoms with van der Waals surface area (Å²) < 4.78 is 69.7. The van der Waals surface area contributed by atoms with Crippen LogP contribution >= 0.6 is 0 Å². The first-order valence-electron chi connectivity index (χ1n) is 6.82. The highest BCUT2D eigenvalue weighted by Gasteiger charge is 2.49. The molecule has 0 aliphatic carbocycles. The lowest BCUT2D eigenvalue weighted by atomic mass is 10.1. The first-order chi connectivity index (χ1) is 10.2. The second-order valence-electron chi connectivity index (χ2n) is 5.26. The van der Waals surface area contributed by atoms with Gasteiger partial charge in [0.25, 0.3) is 0 Å². The van der Waals surface area contributed by atoms with Gasteiger partial charge in [-0.25, -0.2) is 8.42 Å². The molecule has 1 aromatic rings. The molecule has 0 spiro atoms. The Bertz CT molecular complexity index is 690. The van der Waals surface area contributed by atoms with Crippen LogP contribution in [-0.2, 0) is 10.0 Å². The van der Waals surface area contributed by atoms with Crippen molar-refractivity contribution in [2.24, 2.45) is 0 Å². The number of sulfonamides is 1. The molecule has 0 aromatic heterocycles. The van der Waals surface area contributed by atoms with Crippen molar-refractivity contribution in [3.05, 3.63) is 18.2 Å². The predicted octanol–water partition coefficient (Wildman–Crippen LogP) is 1.99. The lowest BCUT2D eigenvalue weighted by Crippen LogP contribution is -2.51. The minimum absolute atomic E-state index is 0.000787. The zero-order valence-electron chi connectivity index (χ0n) is 11.8. The van der Waals surface area contributed by atoms with Crippen molar-refractivity contribution >= 4 is 21.4 Å². The Morgan fingerprint density at radius 2 is 1.95 bits per heavy atom. The summed E-state index contributed by atoms with van der Waals surface area (Å²) in [5, 5.41) is -2.45. The smallest absolute Gasteiger partial charge is 0.407 e. The fraction of sp³-hybridized carbons (Fsp3) is 0.538. The third kappa shape index (κ3) is 2.27. The molecule has 0 radical (unpaired) electrons. The van der Waals surface area contributed by atoms with Crippen LogP contribution in [0.3, 0.4) is 0 Å². The minimum Gasteiger partial charge on any atom is -0.489 e. The maximum atomic E-state index is 12.9. The largest absolute Gasteiger partial charge is 0.489 e. The molecule has 0 saturated carbocycles. The van der Waals surface area contributed by atoms with Gasteiger partial charge in [0.2, 0.25) is 10.0 Å². The molecule has 1 aromatic carbocycles. The van der Waals surface area contributed by atoms with E-state index in [4.69, 9.17) is 4.74 Å². The summed E-state index contributed by atoms with van der Waals surface area (Å²) in [6.45, 7) is 2.08. The van der Waals surface area contributed by atoms with E-state index in [1.807, 2.05) is 4.90 Å². The number of hydrogen-bond acceptors (Lipinski definition) is 4. The van der Waals surface area contributed by atoms with E-state index < -0.39 is 21.4 Å². The van der Waals surface area contributed by atoms with Gasteiger partial charge in [0.05, 0.1) is 18.8 Å². The molecule has 0 unspecified atom stereocenters. The van der Waals surface area contributed by atoms with Gasteiger partial charge in [-0.2, -0.15) is 13.2 Å². The van der Waals surface area contributed by atoms with Crippen LogP contribution in [0.1, 0.15) is 6.92 Å². The Labute approximate surface area is 126 Å². The van der Waals surface area contributed by atoms with Crippen molar-refractivity contribution < 1.29 is 26.3 Å². The van der Waals surface area contributed by atoms with Crippen LogP contribution in [0, 0.1) is 0 Å². The van der Waals surface area contributed by atoms with Crippen LogP contribution in [0.4, 0.5) is 24.5 Å². The van der Waals surface area contributed by atoms with Crippen molar-refractivity contribution in [1.29, 1.82) is 0 Å². The van der Waals surface area contributed by atoms with E-state index in [1.165, 1.54) is 6.07 Å². The fourth-order valence-electron chi connectivity index (χ4n) is 2.70. The van der Waals surface area contributed by atoms with E-state index in [9.17, 15) is 21.6 Å². The Morgan fingerprint density at radius 3 is 2.64 bits per heavy atom. The summed E-state index contributed by atoms with van der Waals surface area (Å²) in [6, 6.07) is 4.79. The standard InChI is InChI=1S/C13H15F3N2O3S/c1-9(13(14,15)16)22(19,20)18-6-5-17-7-8-21-11-4-2-3-10(18)12(11)17/h2-4,9H,5-8H2,1H3/t9-/m1/s1. The van der Waals surface area contributed by atoms with Gasteiger partial charge >= 0.3 is 6.18 Å². The Kier molecular flexibility index (Phi) is 3.42. The van der Waals surface area contributed by atoms with Crippen molar-refractivity contribution in [3.63, 3.8) is 0 Å². The maximum Gasteiger partial charge on any atom is 0.407 e. The molecular weight excluding hydrogens is 321 g/mol. The molecule has 3 rings (SSSR count). The van der Waals surface area contributed by atoms with E-state index in [-0.39, 0.29) is 12.2 Å². The van der Waals surface area contributed by atoms with Crippen molar-refractivity contribution in [1.82, 2.24) is 0 Å². The topological polar surface area (TPSA) is 49.9 Å². The summed E-state index contributed by atoms with van der Waals surface area (Å²) in [7, 11) is -4.53. The molecule has 0 fully saturated rings. The van der Waals surface area contributed by atoms with Gasteiger partial charge in [-0.1, -0.05) is 6.07 Å². The van der Waals surface area contributed by atoms with Gasteiger partial charge in [0.1, 0.15) is 18.0 Å². The minimum atomic E-state index is -4.80. The number of halogens is 3. The van der Waals surface area contributed by atoms with E-state index in [2.05, 4.69) is 0 Å². The summed E-state index contributed by atoms with van der Waals surface area (Å²) in [5.74, 6) is 0.503. The van der Waals surface area contributed by atoms with Crippen molar-refractivity contribution in [2.75, 3.05) is 35.4 Å². The zero-order chi connectivity index (χ0) is 16.1. The molecule has 22 heavy (non-hydrogen) atoms. The van der Waals surface area contributed by atoms with Crippen LogP contribution in [0.15, 0.2) is 18.2 Å². The molecule has 122 valence electrons. The molecule has 9 heteroatoms. The molecule has 2 aliphatic rings. The number of anilines is 2. The number of ether oxygens (including phenoxy) is 1. The van der Waals surface area contributed by atoms with Gasteiger partial charge in [-0.05, 0) is 19.1 Å². The molecule has 2 heterocycles. The SMILES string of the molecule is C[C@H](C(F)(F)F)S(=O)(=O)N1CCN2CCOc3cccc1c32. The third-order valence-electron chi connectivity index (χ3n) is 3.97. The first kappa shape index (κ1) is 15.3. The van der Waals surface area contributed by atoms with Crippen LogP contribution in [0.25, 0.3) is 0 Å². The van der Waals surface area contributed by atoms with Crippen LogP contribution in [-0.4, -0.2) is 46.1 Å². The molecule has 0 N–H and O–H groups in total. The fourth-order valence-corrected chi connectivity index (χ4v) is 4.18. The first-order valence-corrected chi connectivity index (χ1v) is 8.32. The van der Waals surface area contributed by atoms with Gasteiger partial charge < -0.3 is 9.64 Å². The van der Waals surface area contributed by atoms with E-state index in [1.54, 1.807) is 12.1 Å². The number of hydrogen-bond donors (Lipinski definition) is 0. The number of para-hydroxylation sites is 1. The summed E-state index contributed by atoms with van der Waals surface area (Å²) in [5.41, 5.74) is 0.803. The maximum absolute atomic E-state index is 12.9. The molecule has 0 bridgehead atoms.